The average Bonchev–Trinajstić information content (AvgIpc) is 2.36. The molecule has 0 fully saturated rings. The Balaban J connectivity index is 2.73. The highest BCUT2D eigenvalue weighted by Crippen LogP contribution is 2.11. The van der Waals surface area contributed by atoms with E-state index in [2.05, 4.69) is 4.72 Å². The largest absolute Gasteiger partial charge is 0.326 e. The van der Waals surface area contributed by atoms with Crippen molar-refractivity contribution in [2.75, 3.05) is 6.54 Å². The molecule has 0 heterocycles. The van der Waals surface area contributed by atoms with Gasteiger partial charge < -0.3 is 5.73 Å². The van der Waals surface area contributed by atoms with E-state index in [9.17, 15) is 8.42 Å². The molecule has 0 aromatic heterocycles. The van der Waals surface area contributed by atoms with Crippen LogP contribution < -0.4 is 10.5 Å². The molecule has 0 aliphatic carbocycles. The molecule has 1 aromatic rings. The minimum absolute atomic E-state index is 0.172. The summed E-state index contributed by atoms with van der Waals surface area (Å²) >= 11 is 0. The first-order valence-electron chi connectivity index (χ1n) is 6.21. The van der Waals surface area contributed by atoms with Crippen LogP contribution in [0.1, 0.15) is 26.3 Å². The molecular weight excluding hydrogens is 248 g/mol. The van der Waals surface area contributed by atoms with Gasteiger partial charge in [-0.15, -0.1) is 0 Å². The molecule has 0 aliphatic heterocycles. The number of hydrogen-bond acceptors (Lipinski definition) is 3. The van der Waals surface area contributed by atoms with Crippen molar-refractivity contribution in [2.45, 2.75) is 38.1 Å². The normalized spacial score (nSPS) is 13.8. The molecule has 4 nitrogen and oxygen atoms in total. The molecule has 0 saturated carbocycles. The Bertz CT molecular complexity index is 466. The topological polar surface area (TPSA) is 72.2 Å². The standard InChI is InChI=1S/C13H22N2O2S/c1-4-11-5-7-12(8-6-11)18(16,17)15-9-13(14)10(2)3/h5-8,10,13,15H,4,9,14H2,1-3H3. The van der Waals surface area contributed by atoms with E-state index in [1.807, 2.05) is 32.9 Å². The van der Waals surface area contributed by atoms with Gasteiger partial charge in [0.15, 0.2) is 0 Å². The summed E-state index contributed by atoms with van der Waals surface area (Å²) in [5, 5.41) is 0. The van der Waals surface area contributed by atoms with Crippen LogP contribution in [0.3, 0.4) is 0 Å². The van der Waals surface area contributed by atoms with Gasteiger partial charge in [-0.3, -0.25) is 0 Å². The molecule has 0 spiro atoms. The van der Waals surface area contributed by atoms with Crippen LogP contribution in [0.15, 0.2) is 29.2 Å². The van der Waals surface area contributed by atoms with Crippen LogP contribution in [0.25, 0.3) is 0 Å². The van der Waals surface area contributed by atoms with Crippen molar-refractivity contribution >= 4 is 10.0 Å². The van der Waals surface area contributed by atoms with Crippen molar-refractivity contribution in [3.8, 4) is 0 Å². The van der Waals surface area contributed by atoms with Gasteiger partial charge in [0.2, 0.25) is 10.0 Å². The van der Waals surface area contributed by atoms with Gasteiger partial charge in [-0.1, -0.05) is 32.9 Å². The second-order valence-corrected chi connectivity index (χ2v) is 6.52. The number of aryl methyl sites for hydroxylation is 1. The van der Waals surface area contributed by atoms with Gasteiger partial charge in [0.1, 0.15) is 0 Å². The first-order chi connectivity index (χ1) is 8.36. The molecule has 1 atom stereocenters. The quantitative estimate of drug-likeness (QED) is 0.823. The van der Waals surface area contributed by atoms with Crippen molar-refractivity contribution in [3.05, 3.63) is 29.8 Å². The van der Waals surface area contributed by atoms with Gasteiger partial charge >= 0.3 is 0 Å². The summed E-state index contributed by atoms with van der Waals surface area (Å²) in [6, 6.07) is 6.74. The summed E-state index contributed by atoms with van der Waals surface area (Å²) < 4.78 is 26.5. The monoisotopic (exact) mass is 270 g/mol. The van der Waals surface area contributed by atoms with Crippen LogP contribution in [0.2, 0.25) is 0 Å². The number of sulfonamides is 1. The van der Waals surface area contributed by atoms with Crippen LogP contribution in [0.5, 0.6) is 0 Å². The molecule has 1 rings (SSSR count). The van der Waals surface area contributed by atoms with Gasteiger partial charge in [-0.05, 0) is 30.0 Å². The van der Waals surface area contributed by atoms with Crippen molar-refractivity contribution in [1.82, 2.24) is 4.72 Å². The Morgan fingerprint density at radius 3 is 2.22 bits per heavy atom. The van der Waals surface area contributed by atoms with Crippen LogP contribution >= 0.6 is 0 Å². The molecule has 0 radical (unpaired) electrons. The van der Waals surface area contributed by atoms with E-state index < -0.39 is 10.0 Å². The zero-order chi connectivity index (χ0) is 13.8. The summed E-state index contributed by atoms with van der Waals surface area (Å²) in [6.07, 6.45) is 0.895. The summed E-state index contributed by atoms with van der Waals surface area (Å²) in [6.45, 7) is 6.23. The Morgan fingerprint density at radius 2 is 1.78 bits per heavy atom. The van der Waals surface area contributed by atoms with Crippen molar-refractivity contribution in [2.24, 2.45) is 11.7 Å². The van der Waals surface area contributed by atoms with E-state index >= 15 is 0 Å². The number of hydrogen-bond donors (Lipinski definition) is 2. The van der Waals surface area contributed by atoms with E-state index in [4.69, 9.17) is 5.73 Å². The van der Waals surface area contributed by atoms with Gasteiger partial charge in [-0.2, -0.15) is 0 Å². The van der Waals surface area contributed by atoms with E-state index in [1.54, 1.807) is 12.1 Å². The maximum absolute atomic E-state index is 12.0. The highest BCUT2D eigenvalue weighted by molar-refractivity contribution is 7.89. The second-order valence-electron chi connectivity index (χ2n) is 4.76. The smallest absolute Gasteiger partial charge is 0.240 e. The fraction of sp³-hybridized carbons (Fsp3) is 0.538. The summed E-state index contributed by atoms with van der Waals surface area (Å²) in [5.41, 5.74) is 6.94. The van der Waals surface area contributed by atoms with Gasteiger partial charge in [0.05, 0.1) is 4.90 Å². The molecule has 5 heteroatoms. The highest BCUT2D eigenvalue weighted by Gasteiger charge is 2.16. The Labute approximate surface area is 110 Å². The third-order valence-electron chi connectivity index (χ3n) is 3.01. The van der Waals surface area contributed by atoms with E-state index in [1.165, 1.54) is 0 Å². The second kappa shape index (κ2) is 6.31. The fourth-order valence-corrected chi connectivity index (χ4v) is 2.50. The van der Waals surface area contributed by atoms with Crippen molar-refractivity contribution < 1.29 is 8.42 Å². The minimum atomic E-state index is -3.44. The lowest BCUT2D eigenvalue weighted by atomic mass is 10.1. The lowest BCUT2D eigenvalue weighted by Crippen LogP contribution is -2.40. The zero-order valence-corrected chi connectivity index (χ0v) is 12.0. The fourth-order valence-electron chi connectivity index (χ4n) is 1.43. The SMILES string of the molecule is CCc1ccc(S(=O)(=O)NCC(N)C(C)C)cc1. The minimum Gasteiger partial charge on any atom is -0.326 e. The van der Waals surface area contributed by atoms with Crippen LogP contribution in [-0.4, -0.2) is 21.0 Å². The third-order valence-corrected chi connectivity index (χ3v) is 4.45. The molecule has 3 N–H and O–H groups in total. The molecular formula is C13H22N2O2S. The van der Waals surface area contributed by atoms with E-state index in [0.717, 1.165) is 12.0 Å². The molecule has 102 valence electrons. The number of nitrogens with one attached hydrogen (secondary N) is 1. The van der Waals surface area contributed by atoms with Crippen LogP contribution in [0.4, 0.5) is 0 Å². The molecule has 1 unspecified atom stereocenters. The Kier molecular flexibility index (Phi) is 5.31. The lowest BCUT2D eigenvalue weighted by molar-refractivity contribution is 0.481. The van der Waals surface area contributed by atoms with Gasteiger partial charge in [0.25, 0.3) is 0 Å². The number of nitrogens with two attached hydrogens (primary N) is 1. The molecule has 0 saturated heterocycles. The van der Waals surface area contributed by atoms with Gasteiger partial charge in [-0.25, -0.2) is 13.1 Å². The number of rotatable bonds is 6. The Hall–Kier alpha value is -0.910. The van der Waals surface area contributed by atoms with Crippen LogP contribution in [0, 0.1) is 5.92 Å². The zero-order valence-electron chi connectivity index (χ0n) is 11.2. The van der Waals surface area contributed by atoms with Gasteiger partial charge in [0, 0.05) is 12.6 Å². The third kappa shape index (κ3) is 4.08. The molecule has 0 bridgehead atoms. The van der Waals surface area contributed by atoms with Crippen LogP contribution in [-0.2, 0) is 16.4 Å². The summed E-state index contributed by atoms with van der Waals surface area (Å²) in [5.74, 6) is 0.246. The summed E-state index contributed by atoms with van der Waals surface area (Å²) in [7, 11) is -3.44. The first-order valence-corrected chi connectivity index (χ1v) is 7.69. The molecule has 0 aliphatic rings. The average molecular weight is 270 g/mol. The first kappa shape index (κ1) is 15.1. The van der Waals surface area contributed by atoms with E-state index in [0.29, 0.717) is 0 Å². The predicted molar refractivity (Wildman–Crippen MR) is 73.8 cm³/mol. The lowest BCUT2D eigenvalue weighted by Gasteiger charge is -2.16. The highest BCUT2D eigenvalue weighted by atomic mass is 32.2. The van der Waals surface area contributed by atoms with Crippen molar-refractivity contribution in [1.29, 1.82) is 0 Å². The number of benzene rings is 1. The molecule has 1 aromatic carbocycles. The predicted octanol–water partition coefficient (Wildman–Crippen LogP) is 1.51. The van der Waals surface area contributed by atoms with Crippen molar-refractivity contribution in [3.63, 3.8) is 0 Å². The summed E-state index contributed by atoms with van der Waals surface area (Å²) in [4.78, 5) is 0.288. The maximum atomic E-state index is 12.0. The Morgan fingerprint density at radius 1 is 1.22 bits per heavy atom. The molecule has 18 heavy (non-hydrogen) atoms. The van der Waals surface area contributed by atoms with E-state index in [-0.39, 0.29) is 23.4 Å². The maximum Gasteiger partial charge on any atom is 0.240 e. The molecule has 0 amide bonds.